The third-order valence-corrected chi connectivity index (χ3v) is 2.00. The van der Waals surface area contributed by atoms with E-state index in [4.69, 9.17) is 5.11 Å². The monoisotopic (exact) mass is 224 g/mol. The minimum Gasteiger partial charge on any atom is -0.505 e. The van der Waals surface area contributed by atoms with E-state index < -0.39 is 11.9 Å². The highest BCUT2D eigenvalue weighted by Gasteiger charge is 2.17. The first-order valence-electron chi connectivity index (χ1n) is 4.63. The summed E-state index contributed by atoms with van der Waals surface area (Å²) >= 11 is 0. The number of aromatic nitrogens is 1. The van der Waals surface area contributed by atoms with Crippen molar-refractivity contribution in [3.63, 3.8) is 0 Å². The first-order valence-corrected chi connectivity index (χ1v) is 4.63. The number of carboxylic acids is 1. The maximum atomic E-state index is 11.7. The van der Waals surface area contributed by atoms with Crippen LogP contribution in [0.4, 0.5) is 0 Å². The van der Waals surface area contributed by atoms with Gasteiger partial charge in [-0.15, -0.1) is 0 Å². The van der Waals surface area contributed by atoms with Crippen LogP contribution in [-0.4, -0.2) is 45.6 Å². The van der Waals surface area contributed by atoms with Crippen molar-refractivity contribution >= 4 is 11.9 Å². The molecule has 0 aromatic carbocycles. The summed E-state index contributed by atoms with van der Waals surface area (Å²) in [6.07, 6.45) is 1.24. The number of amides is 1. The van der Waals surface area contributed by atoms with Gasteiger partial charge in [0.1, 0.15) is 5.75 Å². The van der Waals surface area contributed by atoms with Crippen molar-refractivity contribution in [1.82, 2.24) is 9.88 Å². The number of nitrogens with zero attached hydrogens (tertiary/aromatic N) is 2. The molecule has 1 aromatic rings. The van der Waals surface area contributed by atoms with Crippen LogP contribution in [0.15, 0.2) is 18.3 Å². The molecule has 1 heterocycles. The van der Waals surface area contributed by atoms with Crippen molar-refractivity contribution in [2.45, 2.75) is 6.42 Å². The number of pyridine rings is 1. The van der Waals surface area contributed by atoms with E-state index in [0.717, 1.165) is 0 Å². The highest BCUT2D eigenvalue weighted by molar-refractivity contribution is 5.94. The Hall–Kier alpha value is -2.11. The molecule has 6 heteroatoms. The van der Waals surface area contributed by atoms with Crippen LogP contribution in [0.5, 0.6) is 5.75 Å². The molecule has 0 saturated heterocycles. The predicted octanol–water partition coefficient (Wildman–Crippen LogP) is 0.334. The lowest BCUT2D eigenvalue weighted by molar-refractivity contribution is -0.137. The van der Waals surface area contributed by atoms with Crippen molar-refractivity contribution in [3.05, 3.63) is 24.0 Å². The molecule has 1 aromatic heterocycles. The molecule has 6 nitrogen and oxygen atoms in total. The molecule has 16 heavy (non-hydrogen) atoms. The van der Waals surface area contributed by atoms with Crippen molar-refractivity contribution in [1.29, 1.82) is 0 Å². The van der Waals surface area contributed by atoms with Crippen LogP contribution in [0.1, 0.15) is 16.9 Å². The Labute approximate surface area is 92.1 Å². The van der Waals surface area contributed by atoms with Crippen molar-refractivity contribution in [2.75, 3.05) is 13.6 Å². The van der Waals surface area contributed by atoms with Crippen molar-refractivity contribution in [2.24, 2.45) is 0 Å². The lowest BCUT2D eigenvalue weighted by Gasteiger charge is -2.15. The minimum atomic E-state index is -0.982. The molecule has 0 saturated carbocycles. The molecule has 86 valence electrons. The summed E-state index contributed by atoms with van der Waals surface area (Å²) in [7, 11) is 1.46. The van der Waals surface area contributed by atoms with Crippen LogP contribution in [0.25, 0.3) is 0 Å². The molecule has 0 spiro atoms. The lowest BCUT2D eigenvalue weighted by Crippen LogP contribution is -2.29. The van der Waals surface area contributed by atoms with Gasteiger partial charge >= 0.3 is 5.97 Å². The van der Waals surface area contributed by atoms with Gasteiger partial charge in [-0.1, -0.05) is 0 Å². The zero-order chi connectivity index (χ0) is 12.1. The van der Waals surface area contributed by atoms with Gasteiger partial charge in [-0.25, -0.2) is 4.98 Å². The van der Waals surface area contributed by atoms with Gasteiger partial charge in [0, 0.05) is 19.8 Å². The van der Waals surface area contributed by atoms with E-state index in [1.807, 2.05) is 0 Å². The van der Waals surface area contributed by atoms with Crippen LogP contribution < -0.4 is 0 Å². The Balaban J connectivity index is 2.71. The van der Waals surface area contributed by atoms with Gasteiger partial charge in [-0.3, -0.25) is 9.59 Å². The number of carboxylic acid groups (broad SMARTS) is 1. The van der Waals surface area contributed by atoms with Gasteiger partial charge < -0.3 is 15.1 Å². The van der Waals surface area contributed by atoms with E-state index in [9.17, 15) is 14.7 Å². The second-order valence-electron chi connectivity index (χ2n) is 3.24. The fraction of sp³-hybridized carbons (Fsp3) is 0.300. The topological polar surface area (TPSA) is 90.7 Å². The molecule has 2 N–H and O–H groups in total. The fourth-order valence-corrected chi connectivity index (χ4v) is 1.11. The summed E-state index contributed by atoms with van der Waals surface area (Å²) in [5.74, 6) is -1.70. The first-order chi connectivity index (χ1) is 7.52. The van der Waals surface area contributed by atoms with Gasteiger partial charge in [0.2, 0.25) is 0 Å². The number of aromatic hydroxyl groups is 1. The summed E-state index contributed by atoms with van der Waals surface area (Å²) in [5.41, 5.74) is -0.0737. The normalized spacial score (nSPS) is 9.81. The molecule has 0 bridgehead atoms. The average molecular weight is 224 g/mol. The van der Waals surface area contributed by atoms with Crippen molar-refractivity contribution in [3.8, 4) is 5.75 Å². The summed E-state index contributed by atoms with van der Waals surface area (Å²) in [6.45, 7) is 0.0736. The van der Waals surface area contributed by atoms with Gasteiger partial charge in [0.05, 0.1) is 6.42 Å². The summed E-state index contributed by atoms with van der Waals surface area (Å²) < 4.78 is 0. The molecular weight excluding hydrogens is 212 g/mol. The number of hydrogen-bond acceptors (Lipinski definition) is 4. The predicted molar refractivity (Wildman–Crippen MR) is 55.1 cm³/mol. The highest BCUT2D eigenvalue weighted by atomic mass is 16.4. The quantitative estimate of drug-likeness (QED) is 0.769. The molecule has 0 radical (unpaired) electrons. The average Bonchev–Trinajstić information content (AvgIpc) is 2.25. The first kappa shape index (κ1) is 12.0. The maximum absolute atomic E-state index is 11.7. The van der Waals surface area contributed by atoms with E-state index in [0.29, 0.717) is 0 Å². The van der Waals surface area contributed by atoms with E-state index in [1.54, 1.807) is 0 Å². The summed E-state index contributed by atoms with van der Waals surface area (Å²) in [4.78, 5) is 27.0. The molecule has 0 aliphatic heterocycles. The molecule has 1 amide bonds. The van der Waals surface area contributed by atoms with E-state index in [-0.39, 0.29) is 24.4 Å². The largest absolute Gasteiger partial charge is 0.505 e. The van der Waals surface area contributed by atoms with E-state index in [2.05, 4.69) is 4.98 Å². The highest BCUT2D eigenvalue weighted by Crippen LogP contribution is 2.14. The second kappa shape index (κ2) is 5.11. The fourth-order valence-electron chi connectivity index (χ4n) is 1.11. The summed E-state index contributed by atoms with van der Waals surface area (Å²) in [6, 6.07) is 2.86. The van der Waals surface area contributed by atoms with E-state index >= 15 is 0 Å². The van der Waals surface area contributed by atoms with Crippen molar-refractivity contribution < 1.29 is 19.8 Å². The standard InChI is InChI=1S/C10H12N2O4/c1-12(6-4-8(14)15)10(16)9-7(13)3-2-5-11-9/h2-3,5,13H,4,6H2,1H3,(H,14,15). The smallest absolute Gasteiger partial charge is 0.305 e. The molecular formula is C10H12N2O4. The molecule has 0 aliphatic carbocycles. The number of carbonyl (C=O) groups excluding carboxylic acids is 1. The zero-order valence-corrected chi connectivity index (χ0v) is 8.75. The van der Waals surface area contributed by atoms with Gasteiger partial charge in [0.25, 0.3) is 5.91 Å². The number of aliphatic carboxylic acids is 1. The lowest BCUT2D eigenvalue weighted by atomic mass is 10.3. The maximum Gasteiger partial charge on any atom is 0.305 e. The van der Waals surface area contributed by atoms with Crippen LogP contribution in [0.3, 0.4) is 0 Å². The Morgan fingerprint density at radius 3 is 2.75 bits per heavy atom. The van der Waals surface area contributed by atoms with Crippen LogP contribution in [0.2, 0.25) is 0 Å². The number of hydrogen-bond donors (Lipinski definition) is 2. The zero-order valence-electron chi connectivity index (χ0n) is 8.75. The molecule has 0 fully saturated rings. The third kappa shape index (κ3) is 2.94. The third-order valence-electron chi connectivity index (χ3n) is 2.00. The molecule has 0 unspecified atom stereocenters. The van der Waals surface area contributed by atoms with Gasteiger partial charge in [0.15, 0.2) is 5.69 Å². The number of rotatable bonds is 4. The van der Waals surface area contributed by atoms with Crippen LogP contribution in [-0.2, 0) is 4.79 Å². The Kier molecular flexibility index (Phi) is 3.82. The summed E-state index contributed by atoms with van der Waals surface area (Å²) in [5, 5.41) is 17.8. The second-order valence-corrected chi connectivity index (χ2v) is 3.24. The number of carbonyl (C=O) groups is 2. The van der Waals surface area contributed by atoms with Crippen LogP contribution in [0, 0.1) is 0 Å². The van der Waals surface area contributed by atoms with Gasteiger partial charge in [-0.05, 0) is 12.1 Å². The Morgan fingerprint density at radius 2 is 2.19 bits per heavy atom. The van der Waals surface area contributed by atoms with Gasteiger partial charge in [-0.2, -0.15) is 0 Å². The van der Waals surface area contributed by atoms with E-state index in [1.165, 1.54) is 30.3 Å². The van der Waals surface area contributed by atoms with Crippen LogP contribution >= 0.6 is 0 Å². The molecule has 0 atom stereocenters. The Bertz CT molecular complexity index is 406. The molecule has 0 aliphatic rings. The SMILES string of the molecule is CN(CCC(=O)O)C(=O)c1ncccc1O. The molecule has 1 rings (SSSR count). The Morgan fingerprint density at radius 1 is 1.50 bits per heavy atom. The minimum absolute atomic E-state index is 0.0736.